The van der Waals surface area contributed by atoms with Crippen LogP contribution in [0.15, 0.2) is 22.7 Å². The molecule has 0 aliphatic rings. The maximum Gasteiger partial charge on any atom is 0.0806 e. The quantitative estimate of drug-likeness (QED) is 0.653. The van der Waals surface area contributed by atoms with E-state index in [1.807, 2.05) is 18.2 Å². The number of hydrogen-bond donors (Lipinski definition) is 4. The zero-order valence-corrected chi connectivity index (χ0v) is 10.8. The van der Waals surface area contributed by atoms with Crippen LogP contribution in [0.3, 0.4) is 0 Å². The molecule has 5 N–H and O–H groups in total. The zero-order valence-electron chi connectivity index (χ0n) is 9.20. The van der Waals surface area contributed by atoms with Crippen LogP contribution in [0.5, 0.6) is 0 Å². The second-order valence-corrected chi connectivity index (χ2v) is 4.83. The van der Waals surface area contributed by atoms with E-state index in [-0.39, 0.29) is 13.2 Å². The minimum Gasteiger partial charge on any atom is -0.394 e. The van der Waals surface area contributed by atoms with Crippen LogP contribution >= 0.6 is 15.9 Å². The molecule has 1 aromatic rings. The van der Waals surface area contributed by atoms with Gasteiger partial charge in [0.1, 0.15) is 0 Å². The van der Waals surface area contributed by atoms with Gasteiger partial charge in [0.15, 0.2) is 0 Å². The number of halogens is 1. The molecule has 0 amide bonds. The monoisotopic (exact) mass is 288 g/mol. The van der Waals surface area contributed by atoms with Gasteiger partial charge in [-0.15, -0.1) is 0 Å². The second-order valence-electron chi connectivity index (χ2n) is 3.97. The number of benzene rings is 1. The highest BCUT2D eigenvalue weighted by atomic mass is 79.9. The van der Waals surface area contributed by atoms with Crippen molar-refractivity contribution in [2.75, 3.05) is 18.5 Å². The normalized spacial score (nSPS) is 11.6. The Morgan fingerprint density at radius 3 is 2.50 bits per heavy atom. The molecule has 0 spiro atoms. The Labute approximate surface area is 104 Å². The van der Waals surface area contributed by atoms with E-state index in [9.17, 15) is 10.2 Å². The van der Waals surface area contributed by atoms with Crippen LogP contribution in [0.2, 0.25) is 0 Å². The summed E-state index contributed by atoms with van der Waals surface area (Å²) < 4.78 is 0.915. The molecule has 0 aliphatic carbocycles. The molecule has 90 valence electrons. The van der Waals surface area contributed by atoms with Crippen LogP contribution in [0.4, 0.5) is 5.69 Å². The van der Waals surface area contributed by atoms with Crippen molar-refractivity contribution in [2.24, 2.45) is 5.73 Å². The fourth-order valence-corrected chi connectivity index (χ4v) is 1.87. The molecule has 0 heterocycles. The van der Waals surface area contributed by atoms with Crippen LogP contribution < -0.4 is 11.1 Å². The Balaban J connectivity index is 3.01. The summed E-state index contributed by atoms with van der Waals surface area (Å²) in [6.07, 6.45) is 0. The Bertz CT molecular complexity index is 354. The van der Waals surface area contributed by atoms with Gasteiger partial charge in [-0.05, 0) is 19.1 Å². The number of anilines is 1. The van der Waals surface area contributed by atoms with Crippen LogP contribution in [0, 0.1) is 0 Å². The van der Waals surface area contributed by atoms with E-state index in [1.165, 1.54) is 0 Å². The van der Waals surface area contributed by atoms with Crippen LogP contribution in [-0.4, -0.2) is 29.0 Å². The molecule has 16 heavy (non-hydrogen) atoms. The molecule has 0 radical (unpaired) electrons. The van der Waals surface area contributed by atoms with Gasteiger partial charge in [-0.2, -0.15) is 0 Å². The smallest absolute Gasteiger partial charge is 0.0806 e. The molecule has 0 bridgehead atoms. The standard InChI is InChI=1S/C11H17BrN2O2/c1-11(6-15,7-16)14-10-4-2-3-9(12)8(10)5-13/h2-4,14-16H,5-7,13H2,1H3. The number of rotatable bonds is 5. The molecular weight excluding hydrogens is 272 g/mol. The lowest BCUT2D eigenvalue weighted by molar-refractivity contribution is 0.147. The van der Waals surface area contributed by atoms with Crippen LogP contribution in [0.25, 0.3) is 0 Å². The van der Waals surface area contributed by atoms with Gasteiger partial charge in [0.2, 0.25) is 0 Å². The van der Waals surface area contributed by atoms with Crippen molar-refractivity contribution in [3.63, 3.8) is 0 Å². The van der Waals surface area contributed by atoms with Gasteiger partial charge in [-0.1, -0.05) is 22.0 Å². The van der Waals surface area contributed by atoms with Crippen LogP contribution in [-0.2, 0) is 6.54 Å². The highest BCUT2D eigenvalue weighted by Crippen LogP contribution is 2.26. The zero-order chi connectivity index (χ0) is 12.2. The summed E-state index contributed by atoms with van der Waals surface area (Å²) in [5.41, 5.74) is 6.66. The number of hydrogen-bond acceptors (Lipinski definition) is 4. The van der Waals surface area contributed by atoms with E-state index >= 15 is 0 Å². The average Bonchev–Trinajstić information content (AvgIpc) is 2.29. The topological polar surface area (TPSA) is 78.5 Å². The highest BCUT2D eigenvalue weighted by Gasteiger charge is 2.23. The second kappa shape index (κ2) is 5.63. The van der Waals surface area contributed by atoms with E-state index in [4.69, 9.17) is 5.73 Å². The first kappa shape index (κ1) is 13.4. The maximum absolute atomic E-state index is 9.21. The first-order valence-electron chi connectivity index (χ1n) is 5.03. The van der Waals surface area contributed by atoms with Crippen molar-refractivity contribution in [1.82, 2.24) is 0 Å². The van der Waals surface area contributed by atoms with E-state index in [0.717, 1.165) is 15.7 Å². The number of nitrogens with one attached hydrogen (secondary N) is 1. The summed E-state index contributed by atoms with van der Waals surface area (Å²) in [6.45, 7) is 1.82. The fraction of sp³-hybridized carbons (Fsp3) is 0.455. The SMILES string of the molecule is CC(CO)(CO)Nc1cccc(Br)c1CN. The van der Waals surface area contributed by atoms with Gasteiger partial charge >= 0.3 is 0 Å². The molecule has 0 aliphatic heterocycles. The third kappa shape index (κ3) is 2.95. The number of aliphatic hydroxyl groups excluding tert-OH is 2. The predicted octanol–water partition coefficient (Wildman–Crippen LogP) is 1.06. The minimum atomic E-state index is -0.745. The van der Waals surface area contributed by atoms with Crippen molar-refractivity contribution >= 4 is 21.6 Å². The molecule has 4 nitrogen and oxygen atoms in total. The average molecular weight is 289 g/mol. The molecule has 0 atom stereocenters. The molecule has 0 fully saturated rings. The summed E-state index contributed by atoms with van der Waals surface area (Å²) in [5, 5.41) is 21.5. The minimum absolute atomic E-state index is 0.153. The third-order valence-electron chi connectivity index (χ3n) is 2.46. The van der Waals surface area contributed by atoms with E-state index in [0.29, 0.717) is 6.54 Å². The van der Waals surface area contributed by atoms with Gasteiger partial charge in [-0.25, -0.2) is 0 Å². The van der Waals surface area contributed by atoms with E-state index < -0.39 is 5.54 Å². The number of aliphatic hydroxyl groups is 2. The Morgan fingerprint density at radius 2 is 2.00 bits per heavy atom. The van der Waals surface area contributed by atoms with E-state index in [1.54, 1.807) is 6.92 Å². The predicted molar refractivity (Wildman–Crippen MR) is 68.2 cm³/mol. The highest BCUT2D eigenvalue weighted by molar-refractivity contribution is 9.10. The summed E-state index contributed by atoms with van der Waals surface area (Å²) in [4.78, 5) is 0. The number of nitrogens with two attached hydrogens (primary N) is 1. The maximum atomic E-state index is 9.21. The molecule has 1 aromatic carbocycles. The van der Waals surface area contributed by atoms with Gasteiger partial charge in [0.05, 0.1) is 18.8 Å². The fourth-order valence-electron chi connectivity index (χ4n) is 1.34. The Morgan fingerprint density at radius 1 is 1.38 bits per heavy atom. The van der Waals surface area contributed by atoms with E-state index in [2.05, 4.69) is 21.2 Å². The van der Waals surface area contributed by atoms with Gasteiger partial charge in [0.25, 0.3) is 0 Å². The largest absolute Gasteiger partial charge is 0.394 e. The van der Waals surface area contributed by atoms with Crippen LogP contribution in [0.1, 0.15) is 12.5 Å². The lowest BCUT2D eigenvalue weighted by Crippen LogP contribution is -2.42. The van der Waals surface area contributed by atoms with Crippen molar-refractivity contribution in [3.05, 3.63) is 28.2 Å². The first-order valence-corrected chi connectivity index (χ1v) is 5.83. The molecule has 0 aromatic heterocycles. The summed E-state index contributed by atoms with van der Waals surface area (Å²) in [7, 11) is 0. The lowest BCUT2D eigenvalue weighted by Gasteiger charge is -2.29. The van der Waals surface area contributed by atoms with Gasteiger partial charge < -0.3 is 21.3 Å². The van der Waals surface area contributed by atoms with Gasteiger partial charge in [0, 0.05) is 22.3 Å². The Hall–Kier alpha value is -0.620. The first-order chi connectivity index (χ1) is 7.56. The van der Waals surface area contributed by atoms with Crippen molar-refractivity contribution in [1.29, 1.82) is 0 Å². The summed E-state index contributed by atoms with van der Waals surface area (Å²) in [5.74, 6) is 0. The van der Waals surface area contributed by atoms with Crippen molar-refractivity contribution < 1.29 is 10.2 Å². The molecular formula is C11H17BrN2O2. The van der Waals surface area contributed by atoms with Gasteiger partial charge in [-0.3, -0.25) is 0 Å². The molecule has 0 saturated heterocycles. The molecule has 0 unspecified atom stereocenters. The molecule has 1 rings (SSSR count). The summed E-state index contributed by atoms with van der Waals surface area (Å²) >= 11 is 3.41. The lowest BCUT2D eigenvalue weighted by atomic mass is 10.0. The van der Waals surface area contributed by atoms with Crippen molar-refractivity contribution in [3.8, 4) is 0 Å². The third-order valence-corrected chi connectivity index (χ3v) is 3.20. The molecule has 0 saturated carbocycles. The van der Waals surface area contributed by atoms with Crippen molar-refractivity contribution in [2.45, 2.75) is 19.0 Å². The Kier molecular flexibility index (Phi) is 4.73. The summed E-state index contributed by atoms with van der Waals surface area (Å²) in [6, 6.07) is 5.65. The molecule has 5 heteroatoms.